The molecule has 0 spiro atoms. The molecule has 0 radical (unpaired) electrons. The van der Waals surface area contributed by atoms with E-state index in [4.69, 9.17) is 15.2 Å². The fraction of sp³-hybridized carbons (Fsp3) is 0.231. The first-order valence-corrected chi connectivity index (χ1v) is 6.18. The quantitative estimate of drug-likeness (QED) is 0.782. The molecule has 104 valence electrons. The molecule has 3 rings (SSSR count). The van der Waals surface area contributed by atoms with E-state index in [1.54, 1.807) is 6.07 Å². The maximum atomic E-state index is 12.0. The number of rotatable bonds is 3. The van der Waals surface area contributed by atoms with Crippen LogP contribution in [0, 0.1) is 0 Å². The number of carbonyl (C=O) groups excluding carboxylic acids is 1. The summed E-state index contributed by atoms with van der Waals surface area (Å²) >= 11 is 0. The van der Waals surface area contributed by atoms with Gasteiger partial charge in [-0.2, -0.15) is 5.10 Å². The molecule has 1 aliphatic heterocycles. The van der Waals surface area contributed by atoms with E-state index in [2.05, 4.69) is 15.5 Å². The molecule has 1 aliphatic rings. The van der Waals surface area contributed by atoms with Crippen molar-refractivity contribution in [2.24, 2.45) is 0 Å². The summed E-state index contributed by atoms with van der Waals surface area (Å²) in [6.07, 6.45) is -0.366. The predicted octanol–water partition coefficient (Wildman–Crippen LogP) is 1.29. The third-order valence-corrected chi connectivity index (χ3v) is 2.88. The van der Waals surface area contributed by atoms with Gasteiger partial charge in [-0.25, -0.2) is 0 Å². The van der Waals surface area contributed by atoms with Gasteiger partial charge >= 0.3 is 0 Å². The summed E-state index contributed by atoms with van der Waals surface area (Å²) in [7, 11) is 0. The second-order valence-electron chi connectivity index (χ2n) is 4.36. The summed E-state index contributed by atoms with van der Waals surface area (Å²) in [5.41, 5.74) is 7.29. The molecule has 1 saturated heterocycles. The highest BCUT2D eigenvalue weighted by atomic mass is 16.7. The third-order valence-electron chi connectivity index (χ3n) is 2.88. The number of amides is 1. The summed E-state index contributed by atoms with van der Waals surface area (Å²) in [6.45, 7) is 1.16. The molecule has 0 bridgehead atoms. The van der Waals surface area contributed by atoms with Gasteiger partial charge in [0.15, 0.2) is 6.29 Å². The molecule has 1 amide bonds. The SMILES string of the molecule is Nc1cc(C(=O)Nc2cccc(C3OCCO3)c2)[nH]n1. The number of hydrogen-bond donors (Lipinski definition) is 3. The molecule has 7 heteroatoms. The summed E-state index contributed by atoms with van der Waals surface area (Å²) in [5, 5.41) is 9.03. The molecule has 1 aromatic carbocycles. The van der Waals surface area contributed by atoms with E-state index in [0.29, 0.717) is 24.6 Å². The lowest BCUT2D eigenvalue weighted by atomic mass is 10.2. The molecule has 4 N–H and O–H groups in total. The average Bonchev–Trinajstić information content (AvgIpc) is 3.10. The number of hydrogen-bond acceptors (Lipinski definition) is 5. The lowest BCUT2D eigenvalue weighted by Gasteiger charge is -2.11. The van der Waals surface area contributed by atoms with Crippen LogP contribution in [0.25, 0.3) is 0 Å². The molecule has 1 aromatic heterocycles. The molecule has 0 saturated carbocycles. The Kier molecular flexibility index (Phi) is 3.36. The molecule has 0 atom stereocenters. The number of benzene rings is 1. The number of ether oxygens (including phenoxy) is 2. The van der Waals surface area contributed by atoms with Gasteiger partial charge in [-0.05, 0) is 12.1 Å². The van der Waals surface area contributed by atoms with Gasteiger partial charge < -0.3 is 20.5 Å². The number of nitrogens with zero attached hydrogens (tertiary/aromatic N) is 1. The smallest absolute Gasteiger partial charge is 0.273 e. The van der Waals surface area contributed by atoms with E-state index >= 15 is 0 Å². The van der Waals surface area contributed by atoms with Gasteiger partial charge in [0.05, 0.1) is 13.2 Å². The number of anilines is 2. The molecule has 0 unspecified atom stereocenters. The Morgan fingerprint density at radius 3 is 2.85 bits per heavy atom. The van der Waals surface area contributed by atoms with E-state index in [9.17, 15) is 4.79 Å². The van der Waals surface area contributed by atoms with Crippen LogP contribution in [0.3, 0.4) is 0 Å². The highest BCUT2D eigenvalue weighted by Gasteiger charge is 2.18. The van der Waals surface area contributed by atoms with Crippen LogP contribution in [0.1, 0.15) is 22.3 Å². The maximum Gasteiger partial charge on any atom is 0.273 e. The van der Waals surface area contributed by atoms with Crippen molar-refractivity contribution in [3.63, 3.8) is 0 Å². The fourth-order valence-electron chi connectivity index (χ4n) is 1.97. The van der Waals surface area contributed by atoms with Crippen LogP contribution in [-0.4, -0.2) is 29.3 Å². The highest BCUT2D eigenvalue weighted by Crippen LogP contribution is 2.25. The van der Waals surface area contributed by atoms with Gasteiger partial charge in [-0.3, -0.25) is 9.89 Å². The zero-order valence-electron chi connectivity index (χ0n) is 10.6. The Morgan fingerprint density at radius 1 is 1.35 bits per heavy atom. The summed E-state index contributed by atoms with van der Waals surface area (Å²) in [4.78, 5) is 12.0. The van der Waals surface area contributed by atoms with Crippen LogP contribution in [0.15, 0.2) is 30.3 Å². The van der Waals surface area contributed by atoms with Gasteiger partial charge in [-0.1, -0.05) is 12.1 Å². The van der Waals surface area contributed by atoms with Crippen molar-refractivity contribution in [1.29, 1.82) is 0 Å². The summed E-state index contributed by atoms with van der Waals surface area (Å²) in [6, 6.07) is 8.79. The highest BCUT2D eigenvalue weighted by molar-refractivity contribution is 6.03. The molecule has 1 fully saturated rings. The first kappa shape index (κ1) is 12.6. The van der Waals surface area contributed by atoms with Crippen molar-refractivity contribution < 1.29 is 14.3 Å². The lowest BCUT2D eigenvalue weighted by molar-refractivity contribution is -0.0440. The van der Waals surface area contributed by atoms with Crippen molar-refractivity contribution in [3.05, 3.63) is 41.6 Å². The Labute approximate surface area is 115 Å². The zero-order chi connectivity index (χ0) is 13.9. The zero-order valence-corrected chi connectivity index (χ0v) is 10.6. The summed E-state index contributed by atoms with van der Waals surface area (Å²) < 4.78 is 10.8. The predicted molar refractivity (Wildman–Crippen MR) is 72.0 cm³/mol. The molecule has 2 heterocycles. The van der Waals surface area contributed by atoms with E-state index in [-0.39, 0.29) is 18.0 Å². The number of nitrogen functional groups attached to an aromatic ring is 1. The van der Waals surface area contributed by atoms with Crippen molar-refractivity contribution in [3.8, 4) is 0 Å². The fourth-order valence-corrected chi connectivity index (χ4v) is 1.97. The second-order valence-corrected chi connectivity index (χ2v) is 4.36. The standard InChI is InChI=1S/C13H14N4O3/c14-11-7-10(16-17-11)12(18)15-9-3-1-2-8(6-9)13-19-4-5-20-13/h1-3,6-7,13H,4-5H2,(H,15,18)(H3,14,16,17). The summed E-state index contributed by atoms with van der Waals surface area (Å²) in [5.74, 6) is -0.0312. The number of nitrogens with two attached hydrogens (primary N) is 1. The van der Waals surface area contributed by atoms with E-state index in [0.717, 1.165) is 5.56 Å². The minimum Gasteiger partial charge on any atom is -0.382 e. The normalized spacial score (nSPS) is 15.4. The van der Waals surface area contributed by atoms with E-state index in [1.807, 2.05) is 18.2 Å². The average molecular weight is 274 g/mol. The van der Waals surface area contributed by atoms with E-state index < -0.39 is 0 Å². The van der Waals surface area contributed by atoms with Crippen LogP contribution in [0.4, 0.5) is 11.5 Å². The Morgan fingerprint density at radius 2 is 2.15 bits per heavy atom. The first-order valence-electron chi connectivity index (χ1n) is 6.18. The van der Waals surface area contributed by atoms with Crippen LogP contribution >= 0.6 is 0 Å². The number of aromatic nitrogens is 2. The number of carbonyl (C=O) groups is 1. The second kappa shape index (κ2) is 5.32. The van der Waals surface area contributed by atoms with Gasteiger partial charge in [0.25, 0.3) is 5.91 Å². The Hall–Kier alpha value is -2.38. The molecular formula is C13H14N4O3. The molecule has 7 nitrogen and oxygen atoms in total. The largest absolute Gasteiger partial charge is 0.382 e. The van der Waals surface area contributed by atoms with Crippen molar-refractivity contribution in [1.82, 2.24) is 10.2 Å². The van der Waals surface area contributed by atoms with Gasteiger partial charge in [0.1, 0.15) is 11.5 Å². The van der Waals surface area contributed by atoms with Crippen LogP contribution in [-0.2, 0) is 9.47 Å². The minimum atomic E-state index is -0.366. The minimum absolute atomic E-state index is 0.275. The maximum absolute atomic E-state index is 12.0. The van der Waals surface area contributed by atoms with Crippen molar-refractivity contribution in [2.75, 3.05) is 24.3 Å². The Bertz CT molecular complexity index is 620. The number of H-pyrrole nitrogens is 1. The topological polar surface area (TPSA) is 102 Å². The molecule has 2 aromatic rings. The van der Waals surface area contributed by atoms with Gasteiger partial charge in [-0.15, -0.1) is 0 Å². The number of aromatic amines is 1. The first-order chi connectivity index (χ1) is 9.72. The molecular weight excluding hydrogens is 260 g/mol. The molecule has 20 heavy (non-hydrogen) atoms. The van der Waals surface area contributed by atoms with E-state index in [1.165, 1.54) is 6.07 Å². The lowest BCUT2D eigenvalue weighted by Crippen LogP contribution is -2.12. The van der Waals surface area contributed by atoms with Gasteiger partial charge in [0, 0.05) is 17.3 Å². The Balaban J connectivity index is 1.74. The molecule has 0 aliphatic carbocycles. The van der Waals surface area contributed by atoms with Crippen LogP contribution in [0.2, 0.25) is 0 Å². The van der Waals surface area contributed by atoms with Crippen LogP contribution in [0.5, 0.6) is 0 Å². The van der Waals surface area contributed by atoms with Crippen LogP contribution < -0.4 is 11.1 Å². The van der Waals surface area contributed by atoms with Crippen molar-refractivity contribution >= 4 is 17.4 Å². The van der Waals surface area contributed by atoms with Gasteiger partial charge in [0.2, 0.25) is 0 Å². The monoisotopic (exact) mass is 274 g/mol. The third kappa shape index (κ3) is 2.63. The van der Waals surface area contributed by atoms with Crippen molar-refractivity contribution in [2.45, 2.75) is 6.29 Å². The number of nitrogens with one attached hydrogen (secondary N) is 2.